The predicted molar refractivity (Wildman–Crippen MR) is 60.4 cm³/mol. The van der Waals surface area contributed by atoms with Crippen LogP contribution < -0.4 is 5.73 Å². The molecule has 0 aliphatic carbocycles. The molecule has 0 radical (unpaired) electrons. The summed E-state index contributed by atoms with van der Waals surface area (Å²) < 4.78 is 2.01. The summed E-state index contributed by atoms with van der Waals surface area (Å²) in [5.41, 5.74) is 5.71. The van der Waals surface area contributed by atoms with Gasteiger partial charge < -0.3 is 5.73 Å². The molecule has 0 atom stereocenters. The van der Waals surface area contributed by atoms with Gasteiger partial charge in [0.1, 0.15) is 0 Å². The summed E-state index contributed by atoms with van der Waals surface area (Å²) in [4.78, 5) is 10.7. The molecule has 0 aliphatic rings. The Kier molecular flexibility index (Phi) is 3.11. The molecule has 1 aromatic carbocycles. The fourth-order valence-electron chi connectivity index (χ4n) is 0.689. The van der Waals surface area contributed by atoms with Gasteiger partial charge in [-0.3, -0.25) is 4.79 Å². The number of primary amides is 1. The van der Waals surface area contributed by atoms with Gasteiger partial charge in [0.05, 0.1) is 5.56 Å². The minimum Gasteiger partial charge on any atom is -0.366 e. The third-order valence-electron chi connectivity index (χ3n) is 1.20. The zero-order valence-corrected chi connectivity index (χ0v) is 9.79. The summed E-state index contributed by atoms with van der Waals surface area (Å²) in [5.74, 6) is -0.370. The first-order valence-corrected chi connectivity index (χ1v) is 5.02. The number of benzene rings is 1. The van der Waals surface area contributed by atoms with Crippen molar-refractivity contribution < 1.29 is 4.79 Å². The lowest BCUT2D eigenvalue weighted by Gasteiger charge is -1.98. The van der Waals surface area contributed by atoms with Crippen LogP contribution in [0.15, 0.2) is 18.2 Å². The van der Waals surface area contributed by atoms with Gasteiger partial charge in [0.2, 0.25) is 5.91 Å². The minimum absolute atomic E-state index is 0.370. The molecule has 4 heteroatoms. The molecule has 2 nitrogen and oxygen atoms in total. The van der Waals surface area contributed by atoms with Crippen molar-refractivity contribution in [2.24, 2.45) is 5.73 Å². The second kappa shape index (κ2) is 3.70. The predicted octanol–water partition coefficient (Wildman–Crippen LogP) is 1.99. The lowest BCUT2D eigenvalue weighted by molar-refractivity contribution is 0.0999. The highest BCUT2D eigenvalue weighted by molar-refractivity contribution is 14.1. The third kappa shape index (κ3) is 2.29. The fourth-order valence-corrected chi connectivity index (χ4v) is 2.56. The third-order valence-corrected chi connectivity index (χ3v) is 2.76. The zero-order valence-electron chi connectivity index (χ0n) is 5.47. The van der Waals surface area contributed by atoms with E-state index in [1.54, 1.807) is 6.07 Å². The van der Waals surface area contributed by atoms with Crippen LogP contribution in [0.3, 0.4) is 0 Å². The highest BCUT2D eigenvalue weighted by Crippen LogP contribution is 2.15. The Balaban J connectivity index is 3.20. The van der Waals surface area contributed by atoms with E-state index in [1.807, 2.05) is 12.1 Å². The van der Waals surface area contributed by atoms with Crippen LogP contribution in [0.2, 0.25) is 0 Å². The van der Waals surface area contributed by atoms with Crippen LogP contribution in [0.4, 0.5) is 0 Å². The molecule has 0 spiro atoms. The normalized spacial score (nSPS) is 9.64. The van der Waals surface area contributed by atoms with Crippen LogP contribution in [-0.2, 0) is 0 Å². The number of hydrogen-bond acceptors (Lipinski definition) is 1. The standard InChI is InChI=1S/C7H5I2NO/c8-4-1-2-5(7(10)11)6(9)3-4/h1-3H,(H2,10,11). The molecule has 11 heavy (non-hydrogen) atoms. The van der Waals surface area contributed by atoms with E-state index in [0.29, 0.717) is 5.56 Å². The van der Waals surface area contributed by atoms with Gasteiger partial charge >= 0.3 is 0 Å². The number of amides is 1. The van der Waals surface area contributed by atoms with E-state index >= 15 is 0 Å². The van der Waals surface area contributed by atoms with Crippen molar-refractivity contribution in [1.82, 2.24) is 0 Å². The molecule has 2 N–H and O–H groups in total. The zero-order chi connectivity index (χ0) is 8.43. The Hall–Kier alpha value is 0.150. The number of carbonyl (C=O) groups excluding carboxylic acids is 1. The first kappa shape index (κ1) is 9.24. The summed E-state index contributed by atoms with van der Waals surface area (Å²) in [6.45, 7) is 0. The maximum absolute atomic E-state index is 10.7. The lowest BCUT2D eigenvalue weighted by atomic mass is 10.2. The van der Waals surface area contributed by atoms with Crippen LogP contribution in [0.5, 0.6) is 0 Å². The van der Waals surface area contributed by atoms with E-state index in [2.05, 4.69) is 45.2 Å². The van der Waals surface area contributed by atoms with Crippen LogP contribution >= 0.6 is 45.2 Å². The lowest BCUT2D eigenvalue weighted by Crippen LogP contribution is -2.12. The average molecular weight is 373 g/mol. The molecule has 0 heterocycles. The Morgan fingerprint density at radius 1 is 1.36 bits per heavy atom. The van der Waals surface area contributed by atoms with Crippen LogP contribution in [0.25, 0.3) is 0 Å². The number of hydrogen-bond donors (Lipinski definition) is 1. The van der Waals surface area contributed by atoms with E-state index in [1.165, 1.54) is 0 Å². The van der Waals surface area contributed by atoms with E-state index in [9.17, 15) is 4.79 Å². The van der Waals surface area contributed by atoms with Gasteiger partial charge in [-0.05, 0) is 63.4 Å². The first-order valence-electron chi connectivity index (χ1n) is 2.86. The Bertz CT molecular complexity index is 298. The molecule has 0 saturated heterocycles. The fraction of sp³-hybridized carbons (Fsp3) is 0. The van der Waals surface area contributed by atoms with Crippen molar-refractivity contribution in [2.45, 2.75) is 0 Å². The van der Waals surface area contributed by atoms with Gasteiger partial charge in [0.25, 0.3) is 0 Å². The minimum atomic E-state index is -0.370. The monoisotopic (exact) mass is 373 g/mol. The summed E-state index contributed by atoms with van der Waals surface area (Å²) >= 11 is 4.28. The van der Waals surface area contributed by atoms with Gasteiger partial charge in [-0.2, -0.15) is 0 Å². The smallest absolute Gasteiger partial charge is 0.249 e. The highest BCUT2D eigenvalue weighted by Gasteiger charge is 2.04. The van der Waals surface area contributed by atoms with Crippen molar-refractivity contribution in [3.05, 3.63) is 30.9 Å². The molecule has 0 aromatic heterocycles. The van der Waals surface area contributed by atoms with Gasteiger partial charge in [-0.1, -0.05) is 0 Å². The van der Waals surface area contributed by atoms with Crippen molar-refractivity contribution in [1.29, 1.82) is 0 Å². The largest absolute Gasteiger partial charge is 0.366 e. The quantitative estimate of drug-likeness (QED) is 0.753. The molecule has 0 aliphatic heterocycles. The maximum Gasteiger partial charge on any atom is 0.249 e. The highest BCUT2D eigenvalue weighted by atomic mass is 127. The van der Waals surface area contributed by atoms with E-state index in [4.69, 9.17) is 5.73 Å². The number of nitrogens with two attached hydrogens (primary N) is 1. The molecule has 1 rings (SSSR count). The average Bonchev–Trinajstić information content (AvgIpc) is 1.85. The van der Waals surface area contributed by atoms with E-state index in [-0.39, 0.29) is 5.91 Å². The molecule has 0 saturated carbocycles. The van der Waals surface area contributed by atoms with Gasteiger partial charge in [0, 0.05) is 7.14 Å². The summed E-state index contributed by atoms with van der Waals surface area (Å²) in [7, 11) is 0. The summed E-state index contributed by atoms with van der Waals surface area (Å²) in [6.07, 6.45) is 0. The summed E-state index contributed by atoms with van der Waals surface area (Å²) in [6, 6.07) is 5.52. The first-order chi connectivity index (χ1) is 5.11. The molecule has 0 bridgehead atoms. The van der Waals surface area contributed by atoms with Crippen LogP contribution in [0, 0.1) is 7.14 Å². The van der Waals surface area contributed by atoms with Crippen molar-refractivity contribution in [3.63, 3.8) is 0 Å². The number of halogens is 2. The van der Waals surface area contributed by atoms with Crippen molar-refractivity contribution >= 4 is 51.1 Å². The summed E-state index contributed by atoms with van der Waals surface area (Å²) in [5, 5.41) is 0. The topological polar surface area (TPSA) is 43.1 Å². The second-order valence-corrected chi connectivity index (χ2v) is 4.40. The Morgan fingerprint density at radius 2 is 2.00 bits per heavy atom. The van der Waals surface area contributed by atoms with Gasteiger partial charge in [0.15, 0.2) is 0 Å². The number of carbonyl (C=O) groups is 1. The molecule has 0 fully saturated rings. The van der Waals surface area contributed by atoms with Crippen LogP contribution in [0.1, 0.15) is 10.4 Å². The number of rotatable bonds is 1. The van der Waals surface area contributed by atoms with Crippen molar-refractivity contribution in [3.8, 4) is 0 Å². The van der Waals surface area contributed by atoms with Gasteiger partial charge in [-0.25, -0.2) is 0 Å². The Labute approximate surface area is 91.8 Å². The molecule has 1 aromatic rings. The maximum atomic E-state index is 10.7. The molecular formula is C7H5I2NO. The van der Waals surface area contributed by atoms with Gasteiger partial charge in [-0.15, -0.1) is 0 Å². The molecule has 0 unspecified atom stereocenters. The van der Waals surface area contributed by atoms with E-state index in [0.717, 1.165) is 7.14 Å². The van der Waals surface area contributed by atoms with Crippen molar-refractivity contribution in [2.75, 3.05) is 0 Å². The molecule has 58 valence electrons. The second-order valence-electron chi connectivity index (χ2n) is 1.99. The van der Waals surface area contributed by atoms with E-state index < -0.39 is 0 Å². The van der Waals surface area contributed by atoms with Crippen LogP contribution in [-0.4, -0.2) is 5.91 Å². The Morgan fingerprint density at radius 3 is 2.45 bits per heavy atom. The molecule has 1 amide bonds. The SMILES string of the molecule is NC(=O)c1ccc(I)cc1I. The molecular weight excluding hydrogens is 368 g/mol.